The molecule has 0 saturated carbocycles. The number of amides is 1. The third-order valence-electron chi connectivity index (χ3n) is 5.41. The predicted molar refractivity (Wildman–Crippen MR) is 129 cm³/mol. The van der Waals surface area contributed by atoms with Crippen LogP contribution in [0.25, 0.3) is 11.3 Å². The van der Waals surface area contributed by atoms with Crippen molar-refractivity contribution in [2.75, 3.05) is 17.8 Å². The summed E-state index contributed by atoms with van der Waals surface area (Å²) in [6.07, 6.45) is -1.21. The third-order valence-corrected chi connectivity index (χ3v) is 6.15. The van der Waals surface area contributed by atoms with E-state index in [1.54, 1.807) is 24.3 Å². The van der Waals surface area contributed by atoms with Gasteiger partial charge in [0, 0.05) is 18.9 Å². The van der Waals surface area contributed by atoms with Gasteiger partial charge in [0.1, 0.15) is 5.75 Å². The molecule has 2 aromatic carbocycles. The second-order valence-corrected chi connectivity index (χ2v) is 8.93. The van der Waals surface area contributed by atoms with E-state index in [-0.39, 0.29) is 27.9 Å². The molecule has 1 aromatic heterocycles. The highest BCUT2D eigenvalue weighted by molar-refractivity contribution is 7.99. The number of thioether (sulfide) groups is 1. The first-order chi connectivity index (χ1) is 17.2. The van der Waals surface area contributed by atoms with E-state index in [9.17, 15) is 24.5 Å². The number of hydrogen-bond acceptors (Lipinski definition) is 9. The van der Waals surface area contributed by atoms with Crippen LogP contribution in [0, 0.1) is 10.1 Å². The molecule has 36 heavy (non-hydrogen) atoms. The zero-order valence-electron chi connectivity index (χ0n) is 19.8. The van der Waals surface area contributed by atoms with E-state index in [0.29, 0.717) is 17.0 Å². The summed E-state index contributed by atoms with van der Waals surface area (Å²) in [7, 11) is 1.33. The number of methoxy groups -OCH3 is 1. The first-order valence-electron chi connectivity index (χ1n) is 10.8. The van der Waals surface area contributed by atoms with Gasteiger partial charge in [-0.3, -0.25) is 29.5 Å². The van der Waals surface area contributed by atoms with E-state index in [1.165, 1.54) is 41.4 Å². The highest BCUT2D eigenvalue weighted by Gasteiger charge is 2.47. The Kier molecular flexibility index (Phi) is 6.75. The number of rotatable bonds is 6. The lowest BCUT2D eigenvalue weighted by atomic mass is 10.00. The largest absolute Gasteiger partial charge is 0.496 e. The van der Waals surface area contributed by atoms with Crippen LogP contribution in [0.3, 0.4) is 0 Å². The Morgan fingerprint density at radius 3 is 2.61 bits per heavy atom. The number of aromatic nitrogens is 3. The number of ether oxygens (including phenoxy) is 2. The van der Waals surface area contributed by atoms with Gasteiger partial charge in [-0.05, 0) is 28.6 Å². The van der Waals surface area contributed by atoms with Gasteiger partial charge < -0.3 is 9.47 Å². The summed E-state index contributed by atoms with van der Waals surface area (Å²) in [5.41, 5.74) is -0.00901. The number of H-pyrrole nitrogens is 1. The molecule has 0 radical (unpaired) electrons. The molecule has 12 nitrogen and oxygen atoms in total. The summed E-state index contributed by atoms with van der Waals surface area (Å²) >= 11 is 1.27. The lowest BCUT2D eigenvalue weighted by molar-refractivity contribution is -0.763. The minimum absolute atomic E-state index is 0.0396. The summed E-state index contributed by atoms with van der Waals surface area (Å²) in [4.78, 5) is 53.7. The Labute approximate surface area is 209 Å². The zero-order chi connectivity index (χ0) is 26.1. The molecule has 0 bridgehead atoms. The molecule has 1 atom stereocenters. The standard InChI is InChI=1S/C23H21N5O7S/c1-5-36-23-24-21(31)19-15-8-6-7-9-17(15)26(12(2)29)22(27(19)25-23)16-10-14(34-4)11-18(28(32)33)20(16)35-13(3)30/h6-11,22H,5H2,1-4H3/p+1/t22-/m1/s1. The quantitative estimate of drug-likeness (QED) is 0.131. The first-order valence-corrected chi connectivity index (χ1v) is 11.8. The Morgan fingerprint density at radius 1 is 1.28 bits per heavy atom. The average Bonchev–Trinajstić information content (AvgIpc) is 2.82. The normalized spacial score (nSPS) is 14.0. The van der Waals surface area contributed by atoms with Crippen molar-refractivity contribution in [1.29, 1.82) is 0 Å². The summed E-state index contributed by atoms with van der Waals surface area (Å²) in [6, 6.07) is 9.29. The predicted octanol–water partition coefficient (Wildman–Crippen LogP) is 2.59. The van der Waals surface area contributed by atoms with Crippen LogP contribution in [-0.4, -0.2) is 39.7 Å². The molecular weight excluding hydrogens is 490 g/mol. The SMILES string of the molecule is CCSc1n[n+]2c(c(=O)[nH]1)-c1ccccc1N(C(C)=O)[C@H]2c1cc(OC)cc([N+](=O)[O-])c1OC(C)=O. The van der Waals surface area contributed by atoms with Crippen molar-refractivity contribution in [3.05, 3.63) is 62.4 Å². The number of fused-ring (bicyclic) bond motifs is 3. The van der Waals surface area contributed by atoms with E-state index < -0.39 is 34.2 Å². The summed E-state index contributed by atoms with van der Waals surface area (Å²) < 4.78 is 11.9. The number of nitro benzene ring substituents is 1. The molecule has 0 spiro atoms. The van der Waals surface area contributed by atoms with Crippen LogP contribution < -0.4 is 24.6 Å². The van der Waals surface area contributed by atoms with Crippen molar-refractivity contribution in [3.63, 3.8) is 0 Å². The highest BCUT2D eigenvalue weighted by atomic mass is 32.2. The van der Waals surface area contributed by atoms with Gasteiger partial charge in [-0.2, -0.15) is 0 Å². The van der Waals surface area contributed by atoms with Gasteiger partial charge in [0.2, 0.25) is 16.8 Å². The number of carbonyl (C=O) groups is 2. The number of carbonyl (C=O) groups excluding carboxylic acids is 2. The van der Waals surface area contributed by atoms with Gasteiger partial charge >= 0.3 is 22.9 Å². The number of nitrogens with zero attached hydrogens (tertiary/aromatic N) is 4. The molecule has 13 heteroatoms. The Balaban J connectivity index is 2.17. The van der Waals surface area contributed by atoms with Crippen molar-refractivity contribution in [3.8, 4) is 22.8 Å². The van der Waals surface area contributed by atoms with E-state index in [0.717, 1.165) is 13.0 Å². The van der Waals surface area contributed by atoms with Crippen molar-refractivity contribution in [2.45, 2.75) is 32.1 Å². The molecule has 4 rings (SSSR count). The molecule has 1 amide bonds. The van der Waals surface area contributed by atoms with Crippen LogP contribution in [0.2, 0.25) is 0 Å². The topological polar surface area (TPSA) is 149 Å². The van der Waals surface area contributed by atoms with Gasteiger partial charge in [0.25, 0.3) is 6.17 Å². The molecule has 1 aliphatic rings. The Morgan fingerprint density at radius 2 is 2.00 bits per heavy atom. The molecule has 3 aromatic rings. The average molecular weight is 513 g/mol. The minimum Gasteiger partial charge on any atom is -0.496 e. The molecule has 0 saturated heterocycles. The lowest BCUT2D eigenvalue weighted by Crippen LogP contribution is -2.60. The van der Waals surface area contributed by atoms with Crippen molar-refractivity contribution < 1.29 is 28.7 Å². The van der Waals surface area contributed by atoms with E-state index in [4.69, 9.17) is 9.47 Å². The fourth-order valence-corrected chi connectivity index (χ4v) is 4.69. The molecular formula is C23H22N5O7S+. The number of nitrogens with one attached hydrogen (secondary N) is 1. The summed E-state index contributed by atoms with van der Waals surface area (Å²) in [6.45, 7) is 4.31. The Bertz CT molecular complexity index is 1460. The number of nitro groups is 1. The van der Waals surface area contributed by atoms with E-state index in [2.05, 4.69) is 10.1 Å². The molecule has 0 unspecified atom stereocenters. The molecule has 0 aliphatic carbocycles. The zero-order valence-corrected chi connectivity index (χ0v) is 20.6. The van der Waals surface area contributed by atoms with Gasteiger partial charge in [-0.25, -0.2) is 4.90 Å². The van der Waals surface area contributed by atoms with Crippen LogP contribution in [0.4, 0.5) is 11.4 Å². The van der Waals surface area contributed by atoms with Gasteiger partial charge in [0.15, 0.2) is 0 Å². The minimum atomic E-state index is -1.21. The lowest BCUT2D eigenvalue weighted by Gasteiger charge is -2.31. The number of para-hydroxylation sites is 1. The van der Waals surface area contributed by atoms with Crippen molar-refractivity contribution >= 4 is 35.0 Å². The highest BCUT2D eigenvalue weighted by Crippen LogP contribution is 2.44. The number of benzene rings is 2. The Hall–Kier alpha value is -4.26. The van der Waals surface area contributed by atoms with Crippen molar-refractivity contribution in [1.82, 2.24) is 10.1 Å². The number of hydrogen-bond donors (Lipinski definition) is 1. The fourth-order valence-electron chi connectivity index (χ4n) is 4.10. The maximum absolute atomic E-state index is 13.3. The van der Waals surface area contributed by atoms with Crippen LogP contribution in [0.5, 0.6) is 11.5 Å². The first kappa shape index (κ1) is 24.9. The summed E-state index contributed by atoms with van der Waals surface area (Å²) in [5, 5.41) is 16.8. The van der Waals surface area contributed by atoms with Crippen LogP contribution in [0.15, 0.2) is 46.3 Å². The number of anilines is 1. The van der Waals surface area contributed by atoms with Gasteiger partial charge in [-0.15, -0.1) is 0 Å². The van der Waals surface area contributed by atoms with Crippen LogP contribution in [-0.2, 0) is 9.59 Å². The van der Waals surface area contributed by atoms with Gasteiger partial charge in [-0.1, -0.05) is 30.8 Å². The molecule has 2 heterocycles. The van der Waals surface area contributed by atoms with E-state index >= 15 is 0 Å². The van der Waals surface area contributed by atoms with Crippen LogP contribution >= 0.6 is 11.8 Å². The fraction of sp³-hybridized carbons (Fsp3) is 0.261. The number of aromatic amines is 1. The number of esters is 1. The maximum atomic E-state index is 13.3. The van der Waals surface area contributed by atoms with Gasteiger partial charge in [0.05, 0.1) is 34.9 Å². The molecule has 1 N–H and O–H groups in total. The molecule has 1 aliphatic heterocycles. The van der Waals surface area contributed by atoms with E-state index in [1.807, 2.05) is 6.92 Å². The maximum Gasteiger partial charge on any atom is 0.325 e. The second-order valence-electron chi connectivity index (χ2n) is 7.68. The smallest absolute Gasteiger partial charge is 0.325 e. The molecule has 0 fully saturated rings. The summed E-state index contributed by atoms with van der Waals surface area (Å²) in [5.74, 6) is -0.930. The monoisotopic (exact) mass is 512 g/mol. The molecule has 186 valence electrons. The van der Waals surface area contributed by atoms with Crippen LogP contribution in [0.1, 0.15) is 32.5 Å². The third kappa shape index (κ3) is 4.28. The second kappa shape index (κ2) is 9.77. The van der Waals surface area contributed by atoms with Crippen molar-refractivity contribution in [2.24, 2.45) is 0 Å².